The molecule has 0 radical (unpaired) electrons. The maximum Gasteiger partial charge on any atom is 0.253 e. The third kappa shape index (κ3) is 4.30. The van der Waals surface area contributed by atoms with Gasteiger partial charge in [0.2, 0.25) is 0 Å². The van der Waals surface area contributed by atoms with Gasteiger partial charge in [-0.05, 0) is 61.6 Å². The third-order valence-electron chi connectivity index (χ3n) is 4.79. The van der Waals surface area contributed by atoms with Crippen LogP contribution in [0.3, 0.4) is 0 Å². The Labute approximate surface area is 150 Å². The number of hydrogen-bond acceptors (Lipinski definition) is 2. The Morgan fingerprint density at radius 1 is 1.00 bits per heavy atom. The van der Waals surface area contributed by atoms with E-state index in [-0.39, 0.29) is 5.91 Å². The molecule has 0 spiro atoms. The summed E-state index contributed by atoms with van der Waals surface area (Å²) in [6.07, 6.45) is 7.61. The smallest absolute Gasteiger partial charge is 0.253 e. The zero-order valence-corrected chi connectivity index (χ0v) is 15.1. The molecule has 3 nitrogen and oxygen atoms in total. The summed E-state index contributed by atoms with van der Waals surface area (Å²) in [6.45, 7) is 3.89. The number of para-hydroxylation sites is 1. The number of amides is 1. The standard InChI is InChI=1S/C22H26N2O/c1-18-8-4-5-9-21(18)23(2)17-14-19-10-12-20(13-11-19)22(25)24-15-6-3-7-16-24/h4-5,8-14,17H,3,6-7,15-16H2,1-2H3/b17-14+. The van der Waals surface area contributed by atoms with Crippen LogP contribution in [0.15, 0.2) is 54.7 Å². The average Bonchev–Trinajstić information content (AvgIpc) is 2.67. The predicted octanol–water partition coefficient (Wildman–Crippen LogP) is 4.73. The summed E-state index contributed by atoms with van der Waals surface area (Å²) in [6, 6.07) is 16.2. The van der Waals surface area contributed by atoms with Crippen molar-refractivity contribution in [1.29, 1.82) is 0 Å². The van der Waals surface area contributed by atoms with Gasteiger partial charge in [-0.1, -0.05) is 30.3 Å². The van der Waals surface area contributed by atoms with Crippen LogP contribution >= 0.6 is 0 Å². The van der Waals surface area contributed by atoms with Gasteiger partial charge in [-0.3, -0.25) is 4.79 Å². The van der Waals surface area contributed by atoms with Gasteiger partial charge in [0.1, 0.15) is 0 Å². The van der Waals surface area contributed by atoms with Crippen LogP contribution in [0, 0.1) is 6.92 Å². The van der Waals surface area contributed by atoms with Crippen molar-refractivity contribution >= 4 is 17.7 Å². The van der Waals surface area contributed by atoms with Crippen LogP contribution < -0.4 is 4.90 Å². The fraction of sp³-hybridized carbons (Fsp3) is 0.318. The molecule has 1 heterocycles. The molecule has 1 saturated heterocycles. The minimum Gasteiger partial charge on any atom is -0.351 e. The molecule has 3 heteroatoms. The van der Waals surface area contributed by atoms with Crippen molar-refractivity contribution in [3.63, 3.8) is 0 Å². The van der Waals surface area contributed by atoms with E-state index in [2.05, 4.69) is 42.3 Å². The molecular formula is C22H26N2O. The molecule has 0 aliphatic carbocycles. The number of piperidine rings is 1. The first kappa shape index (κ1) is 17.3. The molecule has 0 bridgehead atoms. The molecule has 0 atom stereocenters. The number of rotatable bonds is 4. The first-order valence-corrected chi connectivity index (χ1v) is 9.01. The molecular weight excluding hydrogens is 308 g/mol. The van der Waals surface area contributed by atoms with Gasteiger partial charge in [-0.25, -0.2) is 0 Å². The lowest BCUT2D eigenvalue weighted by molar-refractivity contribution is 0.0724. The Bertz CT molecular complexity index is 743. The van der Waals surface area contributed by atoms with E-state index in [0.717, 1.165) is 37.1 Å². The molecule has 1 amide bonds. The highest BCUT2D eigenvalue weighted by molar-refractivity contribution is 5.94. The summed E-state index contributed by atoms with van der Waals surface area (Å²) in [5.74, 6) is 0.159. The maximum atomic E-state index is 12.5. The Morgan fingerprint density at radius 3 is 2.36 bits per heavy atom. The summed E-state index contributed by atoms with van der Waals surface area (Å²) in [5.41, 5.74) is 4.31. The quantitative estimate of drug-likeness (QED) is 0.807. The molecule has 1 aliphatic heterocycles. The van der Waals surface area contributed by atoms with Crippen LogP contribution in [-0.4, -0.2) is 30.9 Å². The van der Waals surface area contributed by atoms with Gasteiger partial charge in [-0.15, -0.1) is 0 Å². The highest BCUT2D eigenvalue weighted by Gasteiger charge is 2.17. The molecule has 0 N–H and O–H groups in total. The Hall–Kier alpha value is -2.55. The zero-order chi connectivity index (χ0) is 17.6. The van der Waals surface area contributed by atoms with E-state index in [9.17, 15) is 4.79 Å². The van der Waals surface area contributed by atoms with Gasteiger partial charge >= 0.3 is 0 Å². The van der Waals surface area contributed by atoms with Crippen molar-refractivity contribution in [2.45, 2.75) is 26.2 Å². The maximum absolute atomic E-state index is 12.5. The van der Waals surface area contributed by atoms with Crippen molar-refractivity contribution < 1.29 is 4.79 Å². The van der Waals surface area contributed by atoms with E-state index >= 15 is 0 Å². The van der Waals surface area contributed by atoms with Crippen LogP contribution in [0.25, 0.3) is 6.08 Å². The second kappa shape index (κ2) is 8.02. The van der Waals surface area contributed by atoms with E-state index in [1.54, 1.807) is 0 Å². The highest BCUT2D eigenvalue weighted by atomic mass is 16.2. The van der Waals surface area contributed by atoms with E-state index in [0.29, 0.717) is 0 Å². The van der Waals surface area contributed by atoms with Crippen molar-refractivity contribution in [2.24, 2.45) is 0 Å². The molecule has 1 fully saturated rings. The number of likely N-dealkylation sites (tertiary alicyclic amines) is 1. The number of anilines is 1. The van der Waals surface area contributed by atoms with E-state index in [1.807, 2.05) is 42.3 Å². The summed E-state index contributed by atoms with van der Waals surface area (Å²) < 4.78 is 0. The van der Waals surface area contributed by atoms with Gasteiger partial charge < -0.3 is 9.80 Å². The van der Waals surface area contributed by atoms with Gasteiger partial charge in [0.25, 0.3) is 5.91 Å². The fourth-order valence-corrected chi connectivity index (χ4v) is 3.25. The van der Waals surface area contributed by atoms with Crippen LogP contribution in [0.4, 0.5) is 5.69 Å². The lowest BCUT2D eigenvalue weighted by atomic mass is 10.1. The van der Waals surface area contributed by atoms with Gasteiger partial charge in [-0.2, -0.15) is 0 Å². The molecule has 1 aliphatic rings. The van der Waals surface area contributed by atoms with Gasteiger partial charge in [0, 0.05) is 37.6 Å². The molecule has 0 saturated carbocycles. The summed E-state index contributed by atoms with van der Waals surface area (Å²) in [5, 5.41) is 0. The summed E-state index contributed by atoms with van der Waals surface area (Å²) >= 11 is 0. The lowest BCUT2D eigenvalue weighted by Crippen LogP contribution is -2.35. The van der Waals surface area contributed by atoms with Crippen LogP contribution in [0.2, 0.25) is 0 Å². The largest absolute Gasteiger partial charge is 0.351 e. The molecule has 2 aromatic rings. The van der Waals surface area contributed by atoms with E-state index < -0.39 is 0 Å². The van der Waals surface area contributed by atoms with Crippen LogP contribution in [0.1, 0.15) is 40.7 Å². The third-order valence-corrected chi connectivity index (χ3v) is 4.79. The van der Waals surface area contributed by atoms with Crippen molar-refractivity contribution in [3.05, 3.63) is 71.4 Å². The number of benzene rings is 2. The van der Waals surface area contributed by atoms with Crippen LogP contribution in [-0.2, 0) is 0 Å². The lowest BCUT2D eigenvalue weighted by Gasteiger charge is -2.26. The normalized spacial score (nSPS) is 14.7. The van der Waals surface area contributed by atoms with Gasteiger partial charge in [0.05, 0.1) is 0 Å². The predicted molar refractivity (Wildman–Crippen MR) is 105 cm³/mol. The highest BCUT2D eigenvalue weighted by Crippen LogP contribution is 2.19. The minimum absolute atomic E-state index is 0.159. The van der Waals surface area contributed by atoms with Crippen LogP contribution in [0.5, 0.6) is 0 Å². The minimum atomic E-state index is 0.159. The average molecular weight is 334 g/mol. The number of hydrogen-bond donors (Lipinski definition) is 0. The Kier molecular flexibility index (Phi) is 5.54. The fourth-order valence-electron chi connectivity index (χ4n) is 3.25. The molecule has 0 unspecified atom stereocenters. The first-order chi connectivity index (χ1) is 12.1. The molecule has 3 rings (SSSR count). The first-order valence-electron chi connectivity index (χ1n) is 9.01. The Balaban J connectivity index is 1.66. The molecule has 2 aromatic carbocycles. The number of carbonyl (C=O) groups excluding carboxylic acids is 1. The van der Waals surface area contributed by atoms with Crippen molar-refractivity contribution in [1.82, 2.24) is 4.90 Å². The molecule has 0 aromatic heterocycles. The second-order valence-corrected chi connectivity index (χ2v) is 6.69. The topological polar surface area (TPSA) is 23.6 Å². The monoisotopic (exact) mass is 334 g/mol. The summed E-state index contributed by atoms with van der Waals surface area (Å²) in [4.78, 5) is 16.6. The molecule has 25 heavy (non-hydrogen) atoms. The number of carbonyl (C=O) groups is 1. The van der Waals surface area contributed by atoms with E-state index in [4.69, 9.17) is 0 Å². The van der Waals surface area contributed by atoms with Crippen molar-refractivity contribution in [2.75, 3.05) is 25.0 Å². The summed E-state index contributed by atoms with van der Waals surface area (Å²) in [7, 11) is 2.05. The SMILES string of the molecule is Cc1ccccc1N(C)/C=C/c1ccc(C(=O)N2CCCCC2)cc1. The molecule has 130 valence electrons. The van der Waals surface area contributed by atoms with E-state index in [1.165, 1.54) is 17.7 Å². The van der Waals surface area contributed by atoms with Gasteiger partial charge in [0.15, 0.2) is 0 Å². The number of nitrogens with zero attached hydrogens (tertiary/aromatic N) is 2. The number of aryl methyl sites for hydroxylation is 1. The second-order valence-electron chi connectivity index (χ2n) is 6.69. The zero-order valence-electron chi connectivity index (χ0n) is 15.1. The Morgan fingerprint density at radius 2 is 1.68 bits per heavy atom. The van der Waals surface area contributed by atoms with Crippen molar-refractivity contribution in [3.8, 4) is 0 Å².